The summed E-state index contributed by atoms with van der Waals surface area (Å²) in [7, 11) is 0. The normalized spacial score (nSPS) is 10.8. The van der Waals surface area contributed by atoms with Crippen LogP contribution in [-0.2, 0) is 0 Å². The fourth-order valence-corrected chi connectivity index (χ4v) is 2.95. The number of unbranched alkanes of at least 4 members (excludes halogenated alkanes) is 1. The predicted octanol–water partition coefficient (Wildman–Crippen LogP) is 3.78. The first-order valence-corrected chi connectivity index (χ1v) is 9.84. The molecule has 28 heavy (non-hydrogen) atoms. The second-order valence-electron chi connectivity index (χ2n) is 6.35. The van der Waals surface area contributed by atoms with Gasteiger partial charge in [-0.3, -0.25) is 4.98 Å². The molecule has 0 saturated heterocycles. The minimum atomic E-state index is 0.155. The number of hydrogen-bond donors (Lipinski definition) is 4. The van der Waals surface area contributed by atoms with Gasteiger partial charge in [0.25, 0.3) is 0 Å². The van der Waals surface area contributed by atoms with Gasteiger partial charge in [0.15, 0.2) is 0 Å². The highest BCUT2D eigenvalue weighted by Gasteiger charge is 2.02. The molecule has 0 fully saturated rings. The van der Waals surface area contributed by atoms with Gasteiger partial charge in [0, 0.05) is 54.7 Å². The second-order valence-corrected chi connectivity index (χ2v) is 6.79. The van der Waals surface area contributed by atoms with Gasteiger partial charge in [0.1, 0.15) is 5.82 Å². The molecule has 1 aromatic carbocycles. The van der Waals surface area contributed by atoms with E-state index < -0.39 is 0 Å². The Morgan fingerprint density at radius 3 is 2.50 bits per heavy atom. The largest absolute Gasteiger partial charge is 0.396 e. The molecule has 2 aromatic heterocycles. The number of fused-ring (bicyclic) bond motifs is 1. The highest BCUT2D eigenvalue weighted by molar-refractivity contribution is 6.31. The van der Waals surface area contributed by atoms with Crippen molar-refractivity contribution >= 4 is 40.0 Å². The average Bonchev–Trinajstić information content (AvgIpc) is 2.71. The van der Waals surface area contributed by atoms with E-state index in [4.69, 9.17) is 16.7 Å². The molecule has 8 heteroatoms. The molecule has 0 unspecified atom stereocenters. The van der Waals surface area contributed by atoms with Crippen molar-refractivity contribution in [1.82, 2.24) is 15.0 Å². The topological polar surface area (TPSA) is 95.0 Å². The Bertz CT molecular complexity index is 891. The van der Waals surface area contributed by atoms with Crippen LogP contribution in [0.15, 0.2) is 42.7 Å². The summed E-state index contributed by atoms with van der Waals surface area (Å²) in [5.74, 6) is 1.37. The molecule has 148 valence electrons. The first-order chi connectivity index (χ1) is 13.8. The van der Waals surface area contributed by atoms with E-state index >= 15 is 0 Å². The lowest BCUT2D eigenvalue weighted by molar-refractivity contribution is 0.292. The number of aromatic nitrogens is 3. The molecule has 0 saturated carbocycles. The monoisotopic (exact) mass is 400 g/mol. The van der Waals surface area contributed by atoms with Crippen molar-refractivity contribution in [3.05, 3.63) is 47.7 Å². The van der Waals surface area contributed by atoms with E-state index in [1.54, 1.807) is 12.4 Å². The van der Waals surface area contributed by atoms with Crippen molar-refractivity contribution in [2.45, 2.75) is 19.3 Å². The van der Waals surface area contributed by atoms with Gasteiger partial charge in [-0.15, -0.1) is 0 Å². The highest BCUT2D eigenvalue weighted by Crippen LogP contribution is 2.24. The number of halogens is 1. The summed E-state index contributed by atoms with van der Waals surface area (Å²) in [6.45, 7) is 2.52. The third-order valence-electron chi connectivity index (χ3n) is 4.20. The lowest BCUT2D eigenvalue weighted by Gasteiger charge is -2.10. The van der Waals surface area contributed by atoms with Gasteiger partial charge in [0.05, 0.1) is 5.52 Å². The van der Waals surface area contributed by atoms with Crippen LogP contribution in [0.4, 0.5) is 17.5 Å². The Labute approximate surface area is 169 Å². The van der Waals surface area contributed by atoms with Crippen molar-refractivity contribution in [2.24, 2.45) is 0 Å². The van der Waals surface area contributed by atoms with Crippen LogP contribution in [-0.4, -0.2) is 46.3 Å². The Morgan fingerprint density at radius 1 is 0.857 bits per heavy atom. The van der Waals surface area contributed by atoms with E-state index in [0.29, 0.717) is 23.9 Å². The Hall–Kier alpha value is -2.64. The molecule has 3 aromatic rings. The maximum atomic E-state index is 8.81. The third-order valence-corrected chi connectivity index (χ3v) is 4.44. The Morgan fingerprint density at radius 2 is 1.64 bits per heavy atom. The van der Waals surface area contributed by atoms with Crippen LogP contribution >= 0.6 is 11.6 Å². The summed E-state index contributed by atoms with van der Waals surface area (Å²) in [6, 6.07) is 9.59. The van der Waals surface area contributed by atoms with Crippen molar-refractivity contribution in [1.29, 1.82) is 0 Å². The van der Waals surface area contributed by atoms with Gasteiger partial charge in [-0.2, -0.15) is 4.98 Å². The number of hydrogen-bond acceptors (Lipinski definition) is 7. The molecular formula is C20H25ClN6O. The van der Waals surface area contributed by atoms with E-state index in [1.165, 1.54) is 0 Å². The maximum Gasteiger partial charge on any atom is 0.224 e. The molecule has 0 amide bonds. The zero-order chi connectivity index (χ0) is 19.6. The first-order valence-electron chi connectivity index (χ1n) is 9.46. The summed E-state index contributed by atoms with van der Waals surface area (Å²) in [4.78, 5) is 12.9. The number of aliphatic hydroxyl groups is 1. The predicted molar refractivity (Wildman–Crippen MR) is 115 cm³/mol. The van der Waals surface area contributed by atoms with E-state index in [1.807, 2.05) is 30.3 Å². The zero-order valence-corrected chi connectivity index (χ0v) is 16.4. The van der Waals surface area contributed by atoms with Crippen LogP contribution in [0, 0.1) is 0 Å². The summed E-state index contributed by atoms with van der Waals surface area (Å²) in [6.07, 6.45) is 6.23. The van der Waals surface area contributed by atoms with Crippen LogP contribution in [0.25, 0.3) is 10.9 Å². The minimum absolute atomic E-state index is 0.155. The molecule has 0 spiro atoms. The van der Waals surface area contributed by atoms with Gasteiger partial charge in [-0.25, -0.2) is 4.98 Å². The van der Waals surface area contributed by atoms with E-state index in [2.05, 4.69) is 30.9 Å². The van der Waals surface area contributed by atoms with E-state index in [-0.39, 0.29) is 6.61 Å². The molecule has 0 atom stereocenters. The molecule has 0 aliphatic heterocycles. The molecule has 0 bridgehead atoms. The fourth-order valence-electron chi connectivity index (χ4n) is 2.79. The SMILES string of the molecule is OCCCNc1nccc(NCCCCNc2ccnc3cc(Cl)ccc23)n1. The Kier molecular flexibility index (Phi) is 7.63. The number of anilines is 3. The van der Waals surface area contributed by atoms with E-state index in [0.717, 1.165) is 48.3 Å². The molecular weight excluding hydrogens is 376 g/mol. The van der Waals surface area contributed by atoms with Crippen molar-refractivity contribution in [3.63, 3.8) is 0 Å². The molecule has 4 N–H and O–H groups in total. The van der Waals surface area contributed by atoms with Crippen LogP contribution in [0.1, 0.15) is 19.3 Å². The lowest BCUT2D eigenvalue weighted by atomic mass is 10.2. The van der Waals surface area contributed by atoms with Crippen LogP contribution < -0.4 is 16.0 Å². The summed E-state index contributed by atoms with van der Waals surface area (Å²) in [5, 5.41) is 20.5. The number of nitrogens with zero attached hydrogens (tertiary/aromatic N) is 3. The van der Waals surface area contributed by atoms with Crippen molar-refractivity contribution in [3.8, 4) is 0 Å². The lowest BCUT2D eigenvalue weighted by Crippen LogP contribution is -2.10. The van der Waals surface area contributed by atoms with Crippen LogP contribution in [0.2, 0.25) is 5.02 Å². The first kappa shape index (κ1) is 20.1. The Balaban J connectivity index is 1.39. The number of rotatable bonds is 11. The van der Waals surface area contributed by atoms with Gasteiger partial charge < -0.3 is 21.1 Å². The van der Waals surface area contributed by atoms with Crippen molar-refractivity contribution < 1.29 is 5.11 Å². The molecule has 0 radical (unpaired) electrons. The summed E-state index contributed by atoms with van der Waals surface area (Å²) >= 11 is 6.03. The smallest absolute Gasteiger partial charge is 0.224 e. The summed E-state index contributed by atoms with van der Waals surface area (Å²) in [5.41, 5.74) is 1.97. The molecule has 0 aliphatic carbocycles. The molecule has 0 aliphatic rings. The maximum absolute atomic E-state index is 8.81. The van der Waals surface area contributed by atoms with E-state index in [9.17, 15) is 0 Å². The number of nitrogens with one attached hydrogen (secondary N) is 3. The second kappa shape index (κ2) is 10.6. The highest BCUT2D eigenvalue weighted by atomic mass is 35.5. The average molecular weight is 401 g/mol. The van der Waals surface area contributed by atoms with Gasteiger partial charge in [-0.05, 0) is 49.6 Å². The quantitative estimate of drug-likeness (QED) is 0.364. The van der Waals surface area contributed by atoms with Crippen LogP contribution in [0.5, 0.6) is 0 Å². The van der Waals surface area contributed by atoms with Crippen molar-refractivity contribution in [2.75, 3.05) is 42.2 Å². The molecule has 2 heterocycles. The number of pyridine rings is 1. The van der Waals surface area contributed by atoms with Gasteiger partial charge >= 0.3 is 0 Å². The third kappa shape index (κ3) is 5.94. The minimum Gasteiger partial charge on any atom is -0.396 e. The standard InChI is InChI=1S/C20H25ClN6O/c21-15-4-5-16-17(6-11-23-18(16)14-15)22-8-1-2-9-24-19-7-12-26-20(27-19)25-10-3-13-28/h4-7,11-12,14,28H,1-3,8-10,13H2,(H,22,23)(H2,24,25,26,27). The number of aliphatic hydroxyl groups excluding tert-OH is 1. The zero-order valence-electron chi connectivity index (χ0n) is 15.7. The fraction of sp³-hybridized carbons (Fsp3) is 0.350. The van der Waals surface area contributed by atoms with Crippen LogP contribution in [0.3, 0.4) is 0 Å². The summed E-state index contributed by atoms with van der Waals surface area (Å²) < 4.78 is 0. The van der Waals surface area contributed by atoms with Gasteiger partial charge in [-0.1, -0.05) is 11.6 Å². The number of benzene rings is 1. The van der Waals surface area contributed by atoms with Gasteiger partial charge in [0.2, 0.25) is 5.95 Å². The molecule has 7 nitrogen and oxygen atoms in total. The molecule has 3 rings (SSSR count).